The van der Waals surface area contributed by atoms with Crippen molar-refractivity contribution in [1.29, 1.82) is 0 Å². The van der Waals surface area contributed by atoms with Gasteiger partial charge in [0.25, 0.3) is 0 Å². The van der Waals surface area contributed by atoms with Crippen molar-refractivity contribution in [2.45, 2.75) is 38.5 Å². The summed E-state index contributed by atoms with van der Waals surface area (Å²) in [5, 5.41) is 0. The van der Waals surface area contributed by atoms with Gasteiger partial charge in [-0.2, -0.15) is 4.31 Å². The van der Waals surface area contributed by atoms with E-state index in [9.17, 15) is 13.2 Å². The van der Waals surface area contributed by atoms with Crippen LogP contribution in [0.1, 0.15) is 39.9 Å². The molecule has 2 aromatic rings. The van der Waals surface area contributed by atoms with Crippen molar-refractivity contribution in [3.8, 4) is 0 Å². The van der Waals surface area contributed by atoms with Gasteiger partial charge in [-0.1, -0.05) is 59.7 Å². The van der Waals surface area contributed by atoms with Crippen LogP contribution < -0.4 is 0 Å². The van der Waals surface area contributed by atoms with Crippen molar-refractivity contribution in [2.75, 3.05) is 6.54 Å². The highest BCUT2D eigenvalue weighted by atomic mass is 32.2. The van der Waals surface area contributed by atoms with Gasteiger partial charge in [-0.25, -0.2) is 8.42 Å². The predicted octanol–water partition coefficient (Wildman–Crippen LogP) is 3.48. The Hall–Kier alpha value is -1.98. The van der Waals surface area contributed by atoms with Crippen LogP contribution in [0.3, 0.4) is 0 Å². The third kappa shape index (κ3) is 3.99. The van der Waals surface area contributed by atoms with E-state index in [1.54, 1.807) is 12.1 Å². The Balaban J connectivity index is 1.82. The number of carbonyl (C=O) groups is 1. The van der Waals surface area contributed by atoms with Crippen LogP contribution in [0.4, 0.5) is 0 Å². The first-order chi connectivity index (χ1) is 11.9. The van der Waals surface area contributed by atoms with E-state index in [1.807, 2.05) is 50.2 Å². The summed E-state index contributed by atoms with van der Waals surface area (Å²) in [5.74, 6) is -0.169. The molecule has 1 aliphatic rings. The zero-order valence-electron chi connectivity index (χ0n) is 14.6. The number of hydrogen-bond acceptors (Lipinski definition) is 3. The minimum atomic E-state index is -3.53. The first-order valence-corrected chi connectivity index (χ1v) is 10.1. The van der Waals surface area contributed by atoms with Crippen LogP contribution in [-0.2, 0) is 15.8 Å². The molecule has 132 valence electrons. The molecule has 4 nitrogen and oxygen atoms in total. The Kier molecular flexibility index (Phi) is 5.06. The molecule has 0 aromatic heterocycles. The monoisotopic (exact) mass is 357 g/mol. The number of nitrogens with zero attached hydrogens (tertiary/aromatic N) is 1. The van der Waals surface area contributed by atoms with E-state index in [2.05, 4.69) is 0 Å². The summed E-state index contributed by atoms with van der Waals surface area (Å²) in [6.07, 6.45) is 1.30. The van der Waals surface area contributed by atoms with Crippen LogP contribution in [0.15, 0.2) is 48.5 Å². The summed E-state index contributed by atoms with van der Waals surface area (Å²) < 4.78 is 27.2. The lowest BCUT2D eigenvalue weighted by Crippen LogP contribution is -2.41. The highest BCUT2D eigenvalue weighted by Gasteiger charge is 2.38. The van der Waals surface area contributed by atoms with Crippen LogP contribution in [-0.4, -0.2) is 31.1 Å². The maximum atomic E-state index is 12.9. The quantitative estimate of drug-likeness (QED) is 0.770. The van der Waals surface area contributed by atoms with Crippen molar-refractivity contribution >= 4 is 15.8 Å². The third-order valence-corrected chi connectivity index (χ3v) is 6.48. The van der Waals surface area contributed by atoms with Crippen molar-refractivity contribution in [3.63, 3.8) is 0 Å². The molecule has 5 heteroatoms. The van der Waals surface area contributed by atoms with E-state index in [0.29, 0.717) is 18.5 Å². The van der Waals surface area contributed by atoms with Gasteiger partial charge in [0.1, 0.15) is 0 Å². The van der Waals surface area contributed by atoms with Crippen LogP contribution in [0.2, 0.25) is 0 Å². The van der Waals surface area contributed by atoms with E-state index in [4.69, 9.17) is 0 Å². The minimum absolute atomic E-state index is 0.0631. The van der Waals surface area contributed by atoms with E-state index in [1.165, 1.54) is 4.31 Å². The van der Waals surface area contributed by atoms with Gasteiger partial charge in [0, 0.05) is 12.1 Å². The molecule has 1 fully saturated rings. The molecular formula is C20H23NO3S. The molecule has 1 atom stereocenters. The molecular weight excluding hydrogens is 334 g/mol. The molecule has 0 aliphatic carbocycles. The van der Waals surface area contributed by atoms with Crippen molar-refractivity contribution in [3.05, 3.63) is 70.8 Å². The van der Waals surface area contributed by atoms with Gasteiger partial charge in [-0.05, 0) is 32.3 Å². The van der Waals surface area contributed by atoms with Gasteiger partial charge >= 0.3 is 0 Å². The van der Waals surface area contributed by atoms with E-state index >= 15 is 0 Å². The van der Waals surface area contributed by atoms with E-state index < -0.39 is 16.1 Å². The molecule has 25 heavy (non-hydrogen) atoms. The van der Waals surface area contributed by atoms with Gasteiger partial charge < -0.3 is 0 Å². The fraction of sp³-hybridized carbons (Fsp3) is 0.350. The van der Waals surface area contributed by atoms with Crippen LogP contribution >= 0.6 is 0 Å². The maximum Gasteiger partial charge on any atom is 0.218 e. The molecule has 1 saturated heterocycles. The zero-order valence-corrected chi connectivity index (χ0v) is 15.4. The molecule has 0 radical (unpaired) electrons. The summed E-state index contributed by atoms with van der Waals surface area (Å²) in [6, 6.07) is 14.2. The van der Waals surface area contributed by atoms with Crippen LogP contribution in [0, 0.1) is 13.8 Å². The van der Waals surface area contributed by atoms with Crippen molar-refractivity contribution in [1.82, 2.24) is 4.31 Å². The highest BCUT2D eigenvalue weighted by Crippen LogP contribution is 2.26. The number of carbonyl (C=O) groups excluding carboxylic acids is 1. The third-order valence-electron chi connectivity index (χ3n) is 4.63. The molecule has 0 spiro atoms. The first-order valence-electron chi connectivity index (χ1n) is 8.53. The van der Waals surface area contributed by atoms with Gasteiger partial charge in [-0.3, -0.25) is 4.79 Å². The summed E-state index contributed by atoms with van der Waals surface area (Å²) in [5.41, 5.74) is 3.44. The summed E-state index contributed by atoms with van der Waals surface area (Å²) in [6.45, 7) is 4.31. The Morgan fingerprint density at radius 3 is 2.48 bits per heavy atom. The molecule has 1 unspecified atom stereocenters. The first kappa shape index (κ1) is 17.8. The molecule has 0 amide bonds. The number of aryl methyl sites for hydroxylation is 2. The van der Waals surface area contributed by atoms with E-state index in [0.717, 1.165) is 23.1 Å². The highest BCUT2D eigenvalue weighted by molar-refractivity contribution is 7.88. The standard InChI is InChI=1S/C20H23NO3S/c1-15-8-10-18(11-9-15)20(22)19-7-4-12-21(19)25(23,24)14-17-6-3-5-16(2)13-17/h3,5-6,8-11,13,19H,4,7,12,14H2,1-2H3. The predicted molar refractivity (Wildman–Crippen MR) is 99.0 cm³/mol. The molecule has 3 rings (SSSR count). The lowest BCUT2D eigenvalue weighted by atomic mass is 10.0. The largest absolute Gasteiger partial charge is 0.292 e. The maximum absolute atomic E-state index is 12.9. The smallest absolute Gasteiger partial charge is 0.218 e. The summed E-state index contributed by atoms with van der Waals surface area (Å²) >= 11 is 0. The second-order valence-electron chi connectivity index (χ2n) is 6.74. The van der Waals surface area contributed by atoms with Gasteiger partial charge in [0.05, 0.1) is 11.8 Å². The number of sulfonamides is 1. The van der Waals surface area contributed by atoms with Crippen molar-refractivity contribution in [2.24, 2.45) is 0 Å². The average molecular weight is 357 g/mol. The van der Waals surface area contributed by atoms with E-state index in [-0.39, 0.29) is 11.5 Å². The Morgan fingerprint density at radius 2 is 1.80 bits per heavy atom. The van der Waals surface area contributed by atoms with Gasteiger partial charge in [-0.15, -0.1) is 0 Å². The SMILES string of the molecule is Cc1ccc(C(=O)C2CCCN2S(=O)(=O)Cc2cccc(C)c2)cc1. The normalized spacial score (nSPS) is 18.4. The fourth-order valence-electron chi connectivity index (χ4n) is 3.34. The molecule has 1 aliphatic heterocycles. The molecule has 0 bridgehead atoms. The summed E-state index contributed by atoms with van der Waals surface area (Å²) in [7, 11) is -3.53. The lowest BCUT2D eigenvalue weighted by molar-refractivity contribution is 0.0918. The topological polar surface area (TPSA) is 54.5 Å². The van der Waals surface area contributed by atoms with Gasteiger partial charge in [0.15, 0.2) is 5.78 Å². The number of ketones is 1. The lowest BCUT2D eigenvalue weighted by Gasteiger charge is -2.23. The number of benzene rings is 2. The minimum Gasteiger partial charge on any atom is -0.292 e. The number of rotatable bonds is 5. The summed E-state index contributed by atoms with van der Waals surface area (Å²) in [4.78, 5) is 12.8. The van der Waals surface area contributed by atoms with Crippen molar-refractivity contribution < 1.29 is 13.2 Å². The zero-order chi connectivity index (χ0) is 18.0. The molecule has 1 heterocycles. The second-order valence-corrected chi connectivity index (χ2v) is 8.67. The Bertz CT molecular complexity index is 872. The fourth-order valence-corrected chi connectivity index (χ4v) is 5.10. The molecule has 2 aromatic carbocycles. The van der Waals surface area contributed by atoms with Crippen LogP contribution in [0.5, 0.6) is 0 Å². The number of hydrogen-bond donors (Lipinski definition) is 0. The Morgan fingerprint density at radius 1 is 1.08 bits per heavy atom. The molecule has 0 saturated carbocycles. The van der Waals surface area contributed by atoms with Crippen LogP contribution in [0.25, 0.3) is 0 Å². The van der Waals surface area contributed by atoms with Gasteiger partial charge in [0.2, 0.25) is 10.0 Å². The average Bonchev–Trinajstić information content (AvgIpc) is 3.05. The number of Topliss-reactive ketones (excluding diaryl/α,β-unsaturated/α-hetero) is 1. The Labute approximate surface area is 149 Å². The molecule has 0 N–H and O–H groups in total. The second kappa shape index (κ2) is 7.10.